The molecule has 0 bridgehead atoms. The third-order valence-electron chi connectivity index (χ3n) is 3.85. The number of nitrogens with two attached hydrogens (primary N) is 1. The Balaban J connectivity index is 0.00000225. The van der Waals surface area contributed by atoms with Gasteiger partial charge in [0.25, 0.3) is 5.91 Å². The lowest BCUT2D eigenvalue weighted by Crippen LogP contribution is -2.29. The monoisotopic (exact) mass is 367 g/mol. The molecule has 1 aromatic carbocycles. The fourth-order valence-electron chi connectivity index (χ4n) is 2.54. The lowest BCUT2D eigenvalue weighted by atomic mass is 10.2. The number of ether oxygens (including phenoxy) is 1. The van der Waals surface area contributed by atoms with Crippen molar-refractivity contribution < 1.29 is 19.0 Å². The van der Waals surface area contributed by atoms with Crippen LogP contribution in [0.5, 0.6) is 11.6 Å². The molecule has 0 unspecified atom stereocenters. The molecule has 0 aliphatic carbocycles. The molecule has 1 aliphatic heterocycles. The number of carbonyl (C=O) groups is 1. The average molecular weight is 368 g/mol. The molecule has 1 saturated heterocycles. The maximum Gasteiger partial charge on any atom is 0.254 e. The molecule has 2 atom stereocenters. The summed E-state index contributed by atoms with van der Waals surface area (Å²) >= 11 is 0. The number of benzene rings is 1. The molecule has 8 heteroatoms. The number of carbonyl (C=O) groups excluding carboxylic acids is 1. The fraction of sp³-hybridized carbons (Fsp3) is 0.294. The van der Waals surface area contributed by atoms with E-state index in [4.69, 9.17) is 10.5 Å². The van der Waals surface area contributed by atoms with Crippen molar-refractivity contribution in [2.45, 2.75) is 18.8 Å². The van der Waals surface area contributed by atoms with E-state index in [9.17, 15) is 14.3 Å². The second-order valence-corrected chi connectivity index (χ2v) is 5.63. The van der Waals surface area contributed by atoms with Gasteiger partial charge in [0, 0.05) is 30.9 Å². The highest BCUT2D eigenvalue weighted by atomic mass is 35.5. The highest BCUT2D eigenvalue weighted by Gasteiger charge is 2.34. The second-order valence-electron chi connectivity index (χ2n) is 5.63. The van der Waals surface area contributed by atoms with Crippen molar-refractivity contribution in [3.63, 3.8) is 0 Å². The van der Waals surface area contributed by atoms with E-state index in [0.717, 1.165) is 5.56 Å². The van der Waals surface area contributed by atoms with Gasteiger partial charge in [-0.3, -0.25) is 4.79 Å². The largest absolute Gasteiger partial charge is 0.439 e. The van der Waals surface area contributed by atoms with Gasteiger partial charge in [0.05, 0.1) is 6.54 Å². The van der Waals surface area contributed by atoms with Gasteiger partial charge < -0.3 is 20.5 Å². The minimum Gasteiger partial charge on any atom is -0.439 e. The van der Waals surface area contributed by atoms with Crippen LogP contribution in [0.2, 0.25) is 0 Å². The van der Waals surface area contributed by atoms with Gasteiger partial charge in [-0.25, -0.2) is 9.37 Å². The summed E-state index contributed by atoms with van der Waals surface area (Å²) < 4.78 is 19.1. The van der Waals surface area contributed by atoms with Gasteiger partial charge in [-0.1, -0.05) is 6.07 Å². The number of aromatic nitrogens is 1. The number of β-amino-alcohol motifs (C(OH)–C–C–N with tert-alkyl or cyclic N) is 1. The van der Waals surface area contributed by atoms with Crippen LogP contribution >= 0.6 is 12.4 Å². The summed E-state index contributed by atoms with van der Waals surface area (Å²) in [5.74, 6) is 0.477. The van der Waals surface area contributed by atoms with Gasteiger partial charge >= 0.3 is 0 Å². The summed E-state index contributed by atoms with van der Waals surface area (Å²) in [6.45, 7) is 0.259. The smallest absolute Gasteiger partial charge is 0.254 e. The van der Waals surface area contributed by atoms with Crippen molar-refractivity contribution in [2.75, 3.05) is 13.1 Å². The summed E-state index contributed by atoms with van der Waals surface area (Å²) in [5, 5.41) is 9.45. The van der Waals surface area contributed by atoms with Crippen LogP contribution in [0.3, 0.4) is 0 Å². The number of alkyl halides is 1. The average Bonchev–Trinajstić information content (AvgIpc) is 2.93. The van der Waals surface area contributed by atoms with E-state index < -0.39 is 12.3 Å². The quantitative estimate of drug-likeness (QED) is 0.861. The Hall–Kier alpha value is -2.22. The lowest BCUT2D eigenvalue weighted by molar-refractivity contribution is 0.0764. The van der Waals surface area contributed by atoms with E-state index in [1.165, 1.54) is 4.90 Å². The summed E-state index contributed by atoms with van der Waals surface area (Å²) in [6, 6.07) is 10.1. The molecule has 3 rings (SSSR count). The molecular weight excluding hydrogens is 349 g/mol. The van der Waals surface area contributed by atoms with E-state index in [1.54, 1.807) is 42.6 Å². The van der Waals surface area contributed by atoms with Gasteiger partial charge in [-0.15, -0.1) is 12.4 Å². The SMILES string of the molecule is Cl.NCc1ccnc(Oc2cccc(C(=O)N3C[C@@H](O)[C@H](F)C3)c2)c1. The van der Waals surface area contributed by atoms with Crippen LogP contribution in [-0.2, 0) is 6.54 Å². The Morgan fingerprint density at radius 3 is 2.84 bits per heavy atom. The van der Waals surface area contributed by atoms with Crippen molar-refractivity contribution in [1.29, 1.82) is 0 Å². The van der Waals surface area contributed by atoms with E-state index in [2.05, 4.69) is 4.98 Å². The molecule has 134 valence electrons. The number of pyridine rings is 1. The van der Waals surface area contributed by atoms with Gasteiger partial charge in [-0.05, 0) is 29.8 Å². The number of aliphatic hydroxyl groups is 1. The molecule has 0 radical (unpaired) electrons. The first-order valence-electron chi connectivity index (χ1n) is 7.61. The molecule has 0 saturated carbocycles. The molecule has 6 nitrogen and oxygen atoms in total. The Morgan fingerprint density at radius 1 is 1.36 bits per heavy atom. The maximum absolute atomic E-state index is 13.4. The molecule has 1 aromatic heterocycles. The van der Waals surface area contributed by atoms with Crippen LogP contribution in [-0.4, -0.2) is 46.3 Å². The number of hydrogen-bond donors (Lipinski definition) is 2. The van der Waals surface area contributed by atoms with E-state index in [1.807, 2.05) is 0 Å². The Kier molecular flexibility index (Phi) is 6.30. The van der Waals surface area contributed by atoms with Crippen molar-refractivity contribution >= 4 is 18.3 Å². The Labute approximate surface area is 150 Å². The second kappa shape index (κ2) is 8.24. The molecule has 3 N–H and O–H groups in total. The summed E-state index contributed by atoms with van der Waals surface area (Å²) in [7, 11) is 0. The van der Waals surface area contributed by atoms with Crippen molar-refractivity contribution in [2.24, 2.45) is 5.73 Å². The standard InChI is InChI=1S/C17H18FN3O3.ClH/c18-14-9-21(10-15(14)22)17(23)12-2-1-3-13(7-12)24-16-6-11(8-19)4-5-20-16;/h1-7,14-15,22H,8-10,19H2;1H/t14-,15-;/m1./s1. The number of aliphatic hydroxyl groups excluding tert-OH is 1. The lowest BCUT2D eigenvalue weighted by Gasteiger charge is -2.15. The minimum absolute atomic E-state index is 0. The Morgan fingerprint density at radius 2 is 2.16 bits per heavy atom. The van der Waals surface area contributed by atoms with Crippen LogP contribution in [0.1, 0.15) is 15.9 Å². The highest BCUT2D eigenvalue weighted by Crippen LogP contribution is 2.23. The minimum atomic E-state index is -1.41. The number of nitrogens with zero attached hydrogens (tertiary/aromatic N) is 2. The first kappa shape index (κ1) is 19.1. The summed E-state index contributed by atoms with van der Waals surface area (Å²) in [4.78, 5) is 17.8. The Bertz CT molecular complexity index is 737. The highest BCUT2D eigenvalue weighted by molar-refractivity contribution is 5.94. The summed E-state index contributed by atoms with van der Waals surface area (Å²) in [6.07, 6.45) is -0.937. The molecule has 25 heavy (non-hydrogen) atoms. The first-order chi connectivity index (χ1) is 11.6. The van der Waals surface area contributed by atoms with Crippen LogP contribution < -0.4 is 10.5 Å². The van der Waals surface area contributed by atoms with Crippen molar-refractivity contribution in [1.82, 2.24) is 9.88 Å². The molecule has 1 aliphatic rings. The number of halogens is 2. The van der Waals surface area contributed by atoms with Gasteiger partial charge in [-0.2, -0.15) is 0 Å². The zero-order valence-corrected chi connectivity index (χ0v) is 14.2. The van der Waals surface area contributed by atoms with E-state index in [-0.39, 0.29) is 31.4 Å². The summed E-state index contributed by atoms with van der Waals surface area (Å²) in [5.41, 5.74) is 6.83. The molecule has 1 fully saturated rings. The van der Waals surface area contributed by atoms with Gasteiger partial charge in [0.1, 0.15) is 18.0 Å². The van der Waals surface area contributed by atoms with Crippen molar-refractivity contribution in [3.05, 3.63) is 53.7 Å². The van der Waals surface area contributed by atoms with Crippen LogP contribution in [0.4, 0.5) is 4.39 Å². The molecule has 2 heterocycles. The first-order valence-corrected chi connectivity index (χ1v) is 7.61. The zero-order chi connectivity index (χ0) is 17.1. The number of rotatable bonds is 4. The van der Waals surface area contributed by atoms with E-state index >= 15 is 0 Å². The number of amides is 1. The van der Waals surface area contributed by atoms with E-state index in [0.29, 0.717) is 23.7 Å². The molecule has 0 spiro atoms. The maximum atomic E-state index is 13.4. The van der Waals surface area contributed by atoms with Crippen molar-refractivity contribution in [3.8, 4) is 11.6 Å². The molecular formula is C17H19ClFN3O3. The third kappa shape index (κ3) is 4.45. The number of hydrogen-bond acceptors (Lipinski definition) is 5. The van der Waals surface area contributed by atoms with Gasteiger partial charge in [0.2, 0.25) is 5.88 Å². The topological polar surface area (TPSA) is 88.7 Å². The fourth-order valence-corrected chi connectivity index (χ4v) is 2.54. The number of likely N-dealkylation sites (tertiary alicyclic amines) is 1. The third-order valence-corrected chi connectivity index (χ3v) is 3.85. The predicted molar refractivity (Wildman–Crippen MR) is 92.7 cm³/mol. The zero-order valence-electron chi connectivity index (χ0n) is 13.3. The van der Waals surface area contributed by atoms with Crippen LogP contribution in [0, 0.1) is 0 Å². The van der Waals surface area contributed by atoms with Gasteiger partial charge in [0.15, 0.2) is 0 Å². The predicted octanol–water partition coefficient (Wildman–Crippen LogP) is 1.91. The normalized spacial score (nSPS) is 19.4. The van der Waals surface area contributed by atoms with Crippen LogP contribution in [0.25, 0.3) is 0 Å². The molecule has 2 aromatic rings. The van der Waals surface area contributed by atoms with Crippen LogP contribution in [0.15, 0.2) is 42.6 Å². The molecule has 1 amide bonds.